The molecule has 0 rings (SSSR count). The number of nitrogens with one attached hydrogen (secondary N) is 1. The molecular formula is C41H75NO5S. The number of amides is 1. The number of carbonyl (C=O) groups is 1. The van der Waals surface area contributed by atoms with Crippen LogP contribution in [0, 0.1) is 0 Å². The van der Waals surface area contributed by atoms with E-state index in [9.17, 15) is 22.9 Å². The second kappa shape index (κ2) is 35.1. The summed E-state index contributed by atoms with van der Waals surface area (Å²) in [6.07, 6.45) is 46.6. The molecule has 0 fully saturated rings. The van der Waals surface area contributed by atoms with Gasteiger partial charge >= 0.3 is 0 Å². The third kappa shape index (κ3) is 35.6. The van der Waals surface area contributed by atoms with E-state index < -0.39 is 28.0 Å². The summed E-state index contributed by atoms with van der Waals surface area (Å²) >= 11 is 0. The highest BCUT2D eigenvalue weighted by Crippen LogP contribution is 2.12. The van der Waals surface area contributed by atoms with Crippen LogP contribution in [0.1, 0.15) is 187 Å². The molecule has 1 amide bonds. The molecule has 0 spiro atoms. The number of unbranched alkanes of at least 4 members (excludes halogenated alkanes) is 21. The lowest BCUT2D eigenvalue weighted by molar-refractivity contribution is -0.122. The summed E-state index contributed by atoms with van der Waals surface area (Å²) in [6, 6.07) is -1.08. The predicted molar refractivity (Wildman–Crippen MR) is 207 cm³/mol. The number of rotatable bonds is 35. The van der Waals surface area contributed by atoms with Crippen molar-refractivity contribution in [1.29, 1.82) is 0 Å². The third-order valence-corrected chi connectivity index (χ3v) is 9.49. The van der Waals surface area contributed by atoms with Gasteiger partial charge in [-0.05, 0) is 70.6 Å². The van der Waals surface area contributed by atoms with E-state index in [2.05, 4.69) is 55.6 Å². The highest BCUT2D eigenvalue weighted by Gasteiger charge is 2.24. The molecule has 280 valence electrons. The molecule has 2 unspecified atom stereocenters. The Morgan fingerprint density at radius 1 is 0.542 bits per heavy atom. The number of carbonyl (C=O) groups excluding carboxylic acids is 1. The van der Waals surface area contributed by atoms with E-state index in [0.717, 1.165) is 51.4 Å². The largest absolute Gasteiger partial charge is 0.387 e. The lowest BCUT2D eigenvalue weighted by Gasteiger charge is -2.21. The van der Waals surface area contributed by atoms with E-state index >= 15 is 0 Å². The van der Waals surface area contributed by atoms with Gasteiger partial charge in [0, 0.05) is 6.42 Å². The monoisotopic (exact) mass is 694 g/mol. The SMILES string of the molecule is CCCCCCCC/C=C\CCCCCCCCCC(=O)NC(CS(=O)(=O)O)C(O)/C=C/CC/C=C/CC/C=C/CCCCCCCC. The Morgan fingerprint density at radius 2 is 0.896 bits per heavy atom. The fourth-order valence-corrected chi connectivity index (χ4v) is 6.44. The van der Waals surface area contributed by atoms with Crippen molar-refractivity contribution in [2.45, 2.75) is 199 Å². The van der Waals surface area contributed by atoms with Crippen LogP contribution in [0.5, 0.6) is 0 Å². The van der Waals surface area contributed by atoms with Crippen LogP contribution < -0.4 is 5.32 Å². The molecule has 0 saturated carbocycles. The summed E-state index contributed by atoms with van der Waals surface area (Å²) < 4.78 is 32.4. The molecule has 0 aromatic heterocycles. The van der Waals surface area contributed by atoms with Crippen molar-refractivity contribution in [3.63, 3.8) is 0 Å². The maximum Gasteiger partial charge on any atom is 0.267 e. The van der Waals surface area contributed by atoms with Gasteiger partial charge in [0.25, 0.3) is 10.1 Å². The predicted octanol–water partition coefficient (Wildman–Crippen LogP) is 11.5. The van der Waals surface area contributed by atoms with Crippen LogP contribution in [0.3, 0.4) is 0 Å². The average molecular weight is 694 g/mol. The molecule has 0 saturated heterocycles. The van der Waals surface area contributed by atoms with Crippen LogP contribution in [0.2, 0.25) is 0 Å². The molecule has 0 aliphatic carbocycles. The van der Waals surface area contributed by atoms with Gasteiger partial charge in [-0.2, -0.15) is 8.42 Å². The smallest absolute Gasteiger partial charge is 0.267 e. The minimum Gasteiger partial charge on any atom is -0.387 e. The summed E-state index contributed by atoms with van der Waals surface area (Å²) in [5, 5.41) is 13.2. The second-order valence-corrected chi connectivity index (χ2v) is 15.0. The van der Waals surface area contributed by atoms with E-state index in [1.165, 1.54) is 115 Å². The molecule has 0 aromatic rings. The molecule has 0 aliphatic rings. The van der Waals surface area contributed by atoms with Crippen LogP contribution in [-0.2, 0) is 14.9 Å². The van der Waals surface area contributed by atoms with Crippen molar-refractivity contribution in [2.24, 2.45) is 0 Å². The lowest BCUT2D eigenvalue weighted by Crippen LogP contribution is -2.46. The Balaban J connectivity index is 4.03. The molecule has 0 heterocycles. The van der Waals surface area contributed by atoms with Crippen LogP contribution >= 0.6 is 0 Å². The van der Waals surface area contributed by atoms with E-state index in [4.69, 9.17) is 0 Å². The molecule has 3 N–H and O–H groups in total. The summed E-state index contributed by atoms with van der Waals surface area (Å²) in [4.78, 5) is 12.5. The van der Waals surface area contributed by atoms with Crippen LogP contribution in [-0.4, -0.2) is 41.9 Å². The first-order valence-electron chi connectivity index (χ1n) is 19.8. The van der Waals surface area contributed by atoms with Crippen LogP contribution in [0.4, 0.5) is 0 Å². The van der Waals surface area contributed by atoms with Gasteiger partial charge in [-0.15, -0.1) is 0 Å². The Bertz CT molecular complexity index is 940. The van der Waals surface area contributed by atoms with Crippen molar-refractivity contribution in [3.05, 3.63) is 48.6 Å². The topological polar surface area (TPSA) is 104 Å². The zero-order chi connectivity index (χ0) is 35.4. The molecule has 0 aliphatic heterocycles. The van der Waals surface area contributed by atoms with Gasteiger partial charge in [0.15, 0.2) is 0 Å². The lowest BCUT2D eigenvalue weighted by atomic mass is 10.1. The molecule has 6 nitrogen and oxygen atoms in total. The highest BCUT2D eigenvalue weighted by molar-refractivity contribution is 7.85. The Kier molecular flexibility index (Phi) is 33.9. The zero-order valence-corrected chi connectivity index (χ0v) is 31.9. The van der Waals surface area contributed by atoms with Gasteiger partial charge in [0.05, 0.1) is 17.9 Å². The van der Waals surface area contributed by atoms with Gasteiger partial charge in [-0.1, -0.05) is 159 Å². The van der Waals surface area contributed by atoms with E-state index in [0.29, 0.717) is 6.42 Å². The maximum absolute atomic E-state index is 12.5. The first-order chi connectivity index (χ1) is 23.3. The van der Waals surface area contributed by atoms with E-state index in [1.54, 1.807) is 6.08 Å². The van der Waals surface area contributed by atoms with Crippen molar-refractivity contribution < 1.29 is 22.9 Å². The van der Waals surface area contributed by atoms with Gasteiger partial charge in [0.2, 0.25) is 5.91 Å². The normalized spacial score (nSPS) is 13.8. The Hall–Kier alpha value is -1.70. The molecule has 0 aromatic carbocycles. The van der Waals surface area contributed by atoms with Crippen LogP contribution in [0.25, 0.3) is 0 Å². The molecular weight excluding hydrogens is 619 g/mol. The fraction of sp³-hybridized carbons (Fsp3) is 0.780. The van der Waals surface area contributed by atoms with E-state index in [1.807, 2.05) is 0 Å². The Labute approximate surface area is 297 Å². The quantitative estimate of drug-likeness (QED) is 0.0348. The molecule has 0 bridgehead atoms. The van der Waals surface area contributed by atoms with Gasteiger partial charge < -0.3 is 10.4 Å². The molecule has 7 heteroatoms. The molecule has 2 atom stereocenters. The van der Waals surface area contributed by atoms with Gasteiger partial charge in [-0.25, -0.2) is 0 Å². The number of allylic oxidation sites excluding steroid dienone is 7. The maximum atomic E-state index is 12.5. The van der Waals surface area contributed by atoms with Gasteiger partial charge in [-0.3, -0.25) is 9.35 Å². The minimum absolute atomic E-state index is 0.279. The number of hydrogen-bond acceptors (Lipinski definition) is 4. The minimum atomic E-state index is -4.36. The average Bonchev–Trinajstić information content (AvgIpc) is 3.05. The standard InChI is InChI=1S/C41H75NO5S/c1-3-5-7-9-11-13-15-17-19-21-23-25-27-29-31-33-35-37-41(44)42-39(38-48(45,46)47)40(43)36-34-32-30-28-26-24-22-20-18-16-14-12-10-8-6-4-2/h17-20,26,28,34,36,39-40,43H,3-16,21-25,27,29-33,35,37-38H2,1-2H3,(H,42,44)(H,45,46,47)/b19-17-,20-18+,28-26+,36-34+. The fourth-order valence-electron chi connectivity index (χ4n) is 5.71. The summed E-state index contributed by atoms with van der Waals surface area (Å²) in [5.41, 5.74) is 0. The first kappa shape index (κ1) is 46.3. The number of aliphatic hydroxyl groups is 1. The number of hydrogen-bond donors (Lipinski definition) is 3. The molecule has 48 heavy (non-hydrogen) atoms. The second-order valence-electron chi connectivity index (χ2n) is 13.5. The Morgan fingerprint density at radius 3 is 1.31 bits per heavy atom. The van der Waals surface area contributed by atoms with E-state index in [-0.39, 0.29) is 12.3 Å². The third-order valence-electron chi connectivity index (χ3n) is 8.71. The summed E-state index contributed by atoms with van der Waals surface area (Å²) in [5.74, 6) is -1.02. The van der Waals surface area contributed by atoms with Crippen molar-refractivity contribution >= 4 is 16.0 Å². The summed E-state index contributed by atoms with van der Waals surface area (Å²) in [6.45, 7) is 4.50. The van der Waals surface area contributed by atoms with Crippen molar-refractivity contribution in [3.8, 4) is 0 Å². The summed E-state index contributed by atoms with van der Waals surface area (Å²) in [7, 11) is -4.36. The highest BCUT2D eigenvalue weighted by atomic mass is 32.2. The van der Waals surface area contributed by atoms with Crippen molar-refractivity contribution in [2.75, 3.05) is 5.75 Å². The first-order valence-corrected chi connectivity index (χ1v) is 21.4. The number of aliphatic hydroxyl groups excluding tert-OH is 1. The van der Waals surface area contributed by atoms with Crippen LogP contribution in [0.15, 0.2) is 48.6 Å². The zero-order valence-electron chi connectivity index (χ0n) is 31.1. The molecule has 0 radical (unpaired) electrons. The van der Waals surface area contributed by atoms with Gasteiger partial charge in [0.1, 0.15) is 0 Å². The van der Waals surface area contributed by atoms with Crippen molar-refractivity contribution in [1.82, 2.24) is 5.32 Å².